The highest BCUT2D eigenvalue weighted by atomic mass is 79.9. The van der Waals surface area contributed by atoms with Crippen molar-refractivity contribution in [3.63, 3.8) is 0 Å². The molecule has 61 valence electrons. The maximum atomic E-state index is 4.37. The predicted octanol–water partition coefficient (Wildman–Crippen LogP) is 2.74. The molecule has 0 N–H and O–H groups in total. The Labute approximate surface area is 84.4 Å². The van der Waals surface area contributed by atoms with Crippen LogP contribution in [0.3, 0.4) is 0 Å². The van der Waals surface area contributed by atoms with Crippen molar-refractivity contribution >= 4 is 32.7 Å². The van der Waals surface area contributed by atoms with E-state index in [1.165, 1.54) is 0 Å². The minimum Gasteiger partial charge on any atom is -0.277 e. The van der Waals surface area contributed by atoms with E-state index < -0.39 is 0 Å². The molecule has 1 nitrogen and oxygen atoms in total. The van der Waals surface area contributed by atoms with Crippen LogP contribution in [0.1, 0.15) is 5.56 Å². The summed E-state index contributed by atoms with van der Waals surface area (Å²) in [5.74, 6) is 1.11. The normalized spacial score (nSPS) is 16.2. The molecule has 0 atom stereocenters. The first kappa shape index (κ1) is 8.32. The zero-order chi connectivity index (χ0) is 8.39. The summed E-state index contributed by atoms with van der Waals surface area (Å²) in [7, 11) is 0. The van der Waals surface area contributed by atoms with E-state index in [9.17, 15) is 0 Å². The van der Waals surface area contributed by atoms with Gasteiger partial charge < -0.3 is 0 Å². The molecule has 0 amide bonds. The van der Waals surface area contributed by atoms with Crippen molar-refractivity contribution in [1.82, 2.24) is 0 Å². The molecular formula is C9H7BrNS. The molecule has 0 aromatic heterocycles. The fraction of sp³-hybridized carbons (Fsp3) is 0.222. The average molecular weight is 241 g/mol. The minimum absolute atomic E-state index is 0.945. The molecule has 3 heteroatoms. The van der Waals surface area contributed by atoms with Crippen LogP contribution in [0.15, 0.2) is 27.7 Å². The molecule has 0 aliphatic carbocycles. The lowest BCUT2D eigenvalue weighted by Crippen LogP contribution is -1.90. The average Bonchev–Trinajstić information content (AvgIpc) is 2.56. The lowest BCUT2D eigenvalue weighted by Gasteiger charge is -1.98. The second-order valence-corrected chi connectivity index (χ2v) is 4.46. The first-order valence-corrected chi connectivity index (χ1v) is 5.49. The van der Waals surface area contributed by atoms with Gasteiger partial charge in [0.25, 0.3) is 0 Å². The van der Waals surface area contributed by atoms with Crippen molar-refractivity contribution < 1.29 is 0 Å². The molecule has 1 aliphatic heterocycles. The predicted molar refractivity (Wildman–Crippen MR) is 56.8 cm³/mol. The number of aliphatic imine (C=N–C) groups is 1. The number of thioether (sulfide) groups is 1. The van der Waals surface area contributed by atoms with E-state index in [1.54, 1.807) is 11.8 Å². The fourth-order valence-corrected chi connectivity index (χ4v) is 2.25. The summed E-state index contributed by atoms with van der Waals surface area (Å²) in [5, 5.41) is 1.12. The van der Waals surface area contributed by atoms with Gasteiger partial charge in [-0.05, 0) is 18.2 Å². The Bertz CT molecular complexity index is 322. The van der Waals surface area contributed by atoms with Gasteiger partial charge in [-0.25, -0.2) is 0 Å². The quantitative estimate of drug-likeness (QED) is 0.736. The molecule has 0 bridgehead atoms. The summed E-state index contributed by atoms with van der Waals surface area (Å²) >= 11 is 5.23. The fourth-order valence-electron chi connectivity index (χ4n) is 1.06. The smallest absolute Gasteiger partial charge is 0.0984 e. The Balaban J connectivity index is 2.33. The van der Waals surface area contributed by atoms with Crippen LogP contribution in [0.5, 0.6) is 0 Å². The molecule has 2 rings (SSSR count). The summed E-state index contributed by atoms with van der Waals surface area (Å²) in [6, 6.07) is 9.12. The van der Waals surface area contributed by atoms with Crippen LogP contribution in [0.4, 0.5) is 0 Å². The molecule has 12 heavy (non-hydrogen) atoms. The van der Waals surface area contributed by atoms with Gasteiger partial charge in [-0.1, -0.05) is 22.0 Å². The van der Waals surface area contributed by atoms with Crippen LogP contribution < -0.4 is 0 Å². The molecule has 1 aromatic rings. The third-order valence-corrected chi connectivity index (χ3v) is 3.08. The van der Waals surface area contributed by atoms with Crippen LogP contribution in [-0.2, 0) is 0 Å². The van der Waals surface area contributed by atoms with Crippen molar-refractivity contribution in [2.24, 2.45) is 4.99 Å². The molecule has 1 aliphatic rings. The lowest BCUT2D eigenvalue weighted by molar-refractivity contribution is 1.17. The number of rotatable bonds is 1. The highest BCUT2D eigenvalue weighted by molar-refractivity contribution is 9.10. The van der Waals surface area contributed by atoms with Gasteiger partial charge in [0, 0.05) is 22.3 Å². The van der Waals surface area contributed by atoms with Crippen LogP contribution in [0, 0.1) is 6.07 Å². The molecule has 0 spiro atoms. The van der Waals surface area contributed by atoms with Gasteiger partial charge in [0.15, 0.2) is 0 Å². The van der Waals surface area contributed by atoms with Gasteiger partial charge in [0.1, 0.15) is 0 Å². The molecule has 0 unspecified atom stereocenters. The zero-order valence-electron chi connectivity index (χ0n) is 6.38. The Morgan fingerprint density at radius 2 is 2.50 bits per heavy atom. The SMILES string of the molecule is Brc1cc[c]c(C2=NCCS2)c1. The van der Waals surface area contributed by atoms with Gasteiger partial charge in [0.2, 0.25) is 0 Å². The summed E-state index contributed by atoms with van der Waals surface area (Å²) in [4.78, 5) is 4.37. The lowest BCUT2D eigenvalue weighted by atomic mass is 10.2. The number of benzene rings is 1. The second-order valence-electron chi connectivity index (χ2n) is 2.46. The standard InChI is InChI=1S/C9H7BrNS/c10-8-3-1-2-7(6-8)9-11-4-5-12-9/h1,3,6H,4-5H2. The van der Waals surface area contributed by atoms with Crippen LogP contribution >= 0.6 is 27.7 Å². The maximum Gasteiger partial charge on any atom is 0.0984 e. The Kier molecular flexibility index (Phi) is 2.51. The highest BCUT2D eigenvalue weighted by Crippen LogP contribution is 2.20. The van der Waals surface area contributed by atoms with E-state index in [-0.39, 0.29) is 0 Å². The summed E-state index contributed by atoms with van der Waals surface area (Å²) < 4.78 is 1.09. The number of hydrogen-bond donors (Lipinski definition) is 0. The van der Waals surface area contributed by atoms with E-state index in [2.05, 4.69) is 33.1 Å². The van der Waals surface area contributed by atoms with E-state index in [0.717, 1.165) is 27.4 Å². The number of hydrogen-bond acceptors (Lipinski definition) is 2. The van der Waals surface area contributed by atoms with E-state index in [4.69, 9.17) is 0 Å². The zero-order valence-corrected chi connectivity index (χ0v) is 8.78. The topological polar surface area (TPSA) is 12.4 Å². The molecule has 1 radical (unpaired) electrons. The summed E-state index contributed by atoms with van der Waals surface area (Å²) in [5.41, 5.74) is 1.10. The minimum atomic E-state index is 0.945. The largest absolute Gasteiger partial charge is 0.277 e. The second kappa shape index (κ2) is 3.62. The van der Waals surface area contributed by atoms with Crippen molar-refractivity contribution in [3.8, 4) is 0 Å². The molecule has 0 saturated heterocycles. The molecule has 1 aromatic carbocycles. The van der Waals surface area contributed by atoms with Crippen LogP contribution in [-0.4, -0.2) is 17.3 Å². The van der Waals surface area contributed by atoms with Crippen molar-refractivity contribution in [2.45, 2.75) is 0 Å². The van der Waals surface area contributed by atoms with Crippen LogP contribution in [0.2, 0.25) is 0 Å². The number of nitrogens with zero attached hydrogens (tertiary/aromatic N) is 1. The highest BCUT2D eigenvalue weighted by Gasteiger charge is 2.09. The molecule has 0 saturated carbocycles. The third kappa shape index (κ3) is 1.72. The summed E-state index contributed by atoms with van der Waals surface area (Å²) in [6.07, 6.45) is 0. The third-order valence-electron chi connectivity index (χ3n) is 1.58. The van der Waals surface area contributed by atoms with Gasteiger partial charge in [0.05, 0.1) is 5.04 Å². The molecular weight excluding hydrogens is 234 g/mol. The van der Waals surface area contributed by atoms with E-state index in [0.29, 0.717) is 0 Å². The van der Waals surface area contributed by atoms with E-state index in [1.807, 2.05) is 12.1 Å². The van der Waals surface area contributed by atoms with Crippen molar-refractivity contribution in [3.05, 3.63) is 34.3 Å². The van der Waals surface area contributed by atoms with Crippen molar-refractivity contribution in [2.75, 3.05) is 12.3 Å². The molecule has 1 heterocycles. The Morgan fingerprint density at radius 3 is 3.17 bits per heavy atom. The van der Waals surface area contributed by atoms with Gasteiger partial charge >= 0.3 is 0 Å². The van der Waals surface area contributed by atoms with Gasteiger partial charge in [-0.2, -0.15) is 0 Å². The maximum absolute atomic E-state index is 4.37. The Morgan fingerprint density at radius 1 is 1.58 bits per heavy atom. The van der Waals surface area contributed by atoms with Crippen molar-refractivity contribution in [1.29, 1.82) is 0 Å². The van der Waals surface area contributed by atoms with Gasteiger partial charge in [-0.15, -0.1) is 11.8 Å². The Hall–Kier alpha value is -0.280. The van der Waals surface area contributed by atoms with E-state index >= 15 is 0 Å². The number of halogens is 1. The monoisotopic (exact) mass is 240 g/mol. The molecule has 0 fully saturated rings. The van der Waals surface area contributed by atoms with Crippen LogP contribution in [0.25, 0.3) is 0 Å². The first-order chi connectivity index (χ1) is 5.86. The first-order valence-electron chi connectivity index (χ1n) is 3.71. The van der Waals surface area contributed by atoms with Gasteiger partial charge in [-0.3, -0.25) is 4.99 Å². The summed E-state index contributed by atoms with van der Waals surface area (Å²) in [6.45, 7) is 0.945.